The molecule has 0 spiro atoms. The van der Waals surface area contributed by atoms with Gasteiger partial charge in [0.15, 0.2) is 0 Å². The third-order valence-electron chi connectivity index (χ3n) is 4.42. The lowest BCUT2D eigenvalue weighted by atomic mass is 9.91. The van der Waals surface area contributed by atoms with Crippen molar-refractivity contribution in [2.45, 2.75) is 45.6 Å². The van der Waals surface area contributed by atoms with Gasteiger partial charge in [0.1, 0.15) is 0 Å². The van der Waals surface area contributed by atoms with Crippen LogP contribution in [-0.2, 0) is 4.79 Å². The highest BCUT2D eigenvalue weighted by Gasteiger charge is 2.26. The lowest BCUT2D eigenvalue weighted by Crippen LogP contribution is -2.45. The maximum absolute atomic E-state index is 12.3. The molecule has 0 aromatic heterocycles. The van der Waals surface area contributed by atoms with Crippen LogP contribution in [0.2, 0.25) is 0 Å². The molecule has 116 valence electrons. The molecule has 4 nitrogen and oxygen atoms in total. The van der Waals surface area contributed by atoms with Gasteiger partial charge in [-0.3, -0.25) is 9.69 Å². The summed E-state index contributed by atoms with van der Waals surface area (Å²) in [5.41, 5.74) is 3.20. The number of benzene rings is 1. The molecular formula is C17H26N2O2. The Kier molecular flexibility index (Phi) is 5.76. The summed E-state index contributed by atoms with van der Waals surface area (Å²) in [5, 5.41) is 12.0. The zero-order valence-corrected chi connectivity index (χ0v) is 13.1. The predicted molar refractivity (Wildman–Crippen MR) is 85.5 cm³/mol. The Morgan fingerprint density at radius 1 is 1.38 bits per heavy atom. The van der Waals surface area contributed by atoms with Crippen LogP contribution in [-0.4, -0.2) is 41.7 Å². The van der Waals surface area contributed by atoms with Crippen molar-refractivity contribution in [2.75, 3.05) is 25.0 Å². The molecule has 1 saturated carbocycles. The summed E-state index contributed by atoms with van der Waals surface area (Å²) in [5.74, 6) is 0.0357. The van der Waals surface area contributed by atoms with Crippen molar-refractivity contribution in [3.8, 4) is 0 Å². The van der Waals surface area contributed by atoms with Gasteiger partial charge in [-0.05, 0) is 50.3 Å². The lowest BCUT2D eigenvalue weighted by Gasteiger charge is -2.37. The summed E-state index contributed by atoms with van der Waals surface area (Å²) in [6, 6.07) is 6.47. The molecule has 0 atom stereocenters. The quantitative estimate of drug-likeness (QED) is 0.811. The van der Waals surface area contributed by atoms with E-state index in [9.17, 15) is 4.79 Å². The maximum Gasteiger partial charge on any atom is 0.238 e. The summed E-state index contributed by atoms with van der Waals surface area (Å²) in [7, 11) is 0. The van der Waals surface area contributed by atoms with Crippen molar-refractivity contribution in [1.29, 1.82) is 0 Å². The average molecular weight is 290 g/mol. The fourth-order valence-electron chi connectivity index (χ4n) is 2.68. The number of anilines is 1. The van der Waals surface area contributed by atoms with Gasteiger partial charge < -0.3 is 10.4 Å². The maximum atomic E-state index is 12.3. The molecule has 0 aliphatic heterocycles. The fourth-order valence-corrected chi connectivity index (χ4v) is 2.68. The van der Waals surface area contributed by atoms with Crippen LogP contribution in [0.25, 0.3) is 0 Å². The van der Waals surface area contributed by atoms with E-state index in [0.29, 0.717) is 12.6 Å². The van der Waals surface area contributed by atoms with E-state index < -0.39 is 0 Å². The SMILES string of the molecule is Cc1cccc(NC(=O)CN(CCCO)C2CCC2)c1C. The van der Waals surface area contributed by atoms with E-state index in [1.165, 1.54) is 24.8 Å². The molecule has 1 fully saturated rings. The van der Waals surface area contributed by atoms with Crippen LogP contribution in [0.3, 0.4) is 0 Å². The van der Waals surface area contributed by atoms with Gasteiger partial charge in [-0.1, -0.05) is 18.6 Å². The first kappa shape index (κ1) is 16.0. The van der Waals surface area contributed by atoms with E-state index in [-0.39, 0.29) is 12.5 Å². The molecule has 2 N–H and O–H groups in total. The van der Waals surface area contributed by atoms with Crippen molar-refractivity contribution in [1.82, 2.24) is 4.90 Å². The van der Waals surface area contributed by atoms with E-state index in [4.69, 9.17) is 5.11 Å². The Labute approximate surface area is 127 Å². The Morgan fingerprint density at radius 2 is 2.14 bits per heavy atom. The summed E-state index contributed by atoms with van der Waals surface area (Å²) in [6.45, 7) is 5.47. The second-order valence-corrected chi connectivity index (χ2v) is 5.93. The van der Waals surface area contributed by atoms with E-state index in [0.717, 1.165) is 24.2 Å². The van der Waals surface area contributed by atoms with Gasteiger partial charge >= 0.3 is 0 Å². The van der Waals surface area contributed by atoms with E-state index in [1.54, 1.807) is 0 Å². The highest BCUT2D eigenvalue weighted by atomic mass is 16.3. The number of aliphatic hydroxyl groups is 1. The number of rotatable bonds is 7. The van der Waals surface area contributed by atoms with Crippen LogP contribution >= 0.6 is 0 Å². The minimum absolute atomic E-state index is 0.0357. The predicted octanol–water partition coefficient (Wildman–Crippen LogP) is 2.48. The van der Waals surface area contributed by atoms with Crippen molar-refractivity contribution in [3.05, 3.63) is 29.3 Å². The van der Waals surface area contributed by atoms with Gasteiger partial charge in [-0.25, -0.2) is 0 Å². The number of aliphatic hydroxyl groups excluding tert-OH is 1. The van der Waals surface area contributed by atoms with Crippen LogP contribution in [0, 0.1) is 13.8 Å². The fraction of sp³-hybridized carbons (Fsp3) is 0.588. The van der Waals surface area contributed by atoms with Crippen molar-refractivity contribution >= 4 is 11.6 Å². The molecule has 4 heteroatoms. The third kappa shape index (κ3) is 4.29. The second kappa shape index (κ2) is 7.57. The molecule has 0 unspecified atom stereocenters. The number of carbonyl (C=O) groups is 1. The molecular weight excluding hydrogens is 264 g/mol. The van der Waals surface area contributed by atoms with Crippen molar-refractivity contribution < 1.29 is 9.90 Å². The zero-order chi connectivity index (χ0) is 15.2. The van der Waals surface area contributed by atoms with E-state index >= 15 is 0 Å². The number of nitrogens with zero attached hydrogens (tertiary/aromatic N) is 1. The van der Waals surface area contributed by atoms with E-state index in [2.05, 4.69) is 10.2 Å². The minimum Gasteiger partial charge on any atom is -0.396 e. The first-order valence-electron chi connectivity index (χ1n) is 7.83. The van der Waals surface area contributed by atoms with Crippen molar-refractivity contribution in [2.24, 2.45) is 0 Å². The Balaban J connectivity index is 1.93. The monoisotopic (exact) mass is 290 g/mol. The highest BCUT2D eigenvalue weighted by molar-refractivity contribution is 5.93. The van der Waals surface area contributed by atoms with Crippen molar-refractivity contribution in [3.63, 3.8) is 0 Å². The molecule has 1 aliphatic rings. The third-order valence-corrected chi connectivity index (χ3v) is 4.42. The van der Waals surface area contributed by atoms with Crippen LogP contribution < -0.4 is 5.32 Å². The average Bonchev–Trinajstić information content (AvgIpc) is 2.39. The second-order valence-electron chi connectivity index (χ2n) is 5.93. The van der Waals surface area contributed by atoms with Crippen LogP contribution in [0.5, 0.6) is 0 Å². The number of hydrogen-bond acceptors (Lipinski definition) is 3. The summed E-state index contributed by atoms with van der Waals surface area (Å²) in [4.78, 5) is 14.5. The Hall–Kier alpha value is -1.39. The first-order chi connectivity index (χ1) is 10.1. The number of amides is 1. The van der Waals surface area contributed by atoms with Gasteiger partial charge in [0.2, 0.25) is 5.91 Å². The number of carbonyl (C=O) groups excluding carboxylic acids is 1. The number of hydrogen-bond donors (Lipinski definition) is 2. The largest absolute Gasteiger partial charge is 0.396 e. The van der Waals surface area contributed by atoms with Gasteiger partial charge in [-0.2, -0.15) is 0 Å². The van der Waals surface area contributed by atoms with Crippen LogP contribution in [0.4, 0.5) is 5.69 Å². The normalized spacial score (nSPS) is 15.0. The van der Waals surface area contributed by atoms with Gasteiger partial charge in [0, 0.05) is 24.9 Å². The molecule has 0 saturated heterocycles. The summed E-state index contributed by atoms with van der Waals surface area (Å²) in [6.07, 6.45) is 4.32. The first-order valence-corrected chi connectivity index (χ1v) is 7.83. The molecule has 2 rings (SSSR count). The minimum atomic E-state index is 0.0357. The molecule has 1 aromatic rings. The van der Waals surface area contributed by atoms with Crippen LogP contribution in [0.15, 0.2) is 18.2 Å². The summed E-state index contributed by atoms with van der Waals surface area (Å²) >= 11 is 0. The molecule has 0 heterocycles. The zero-order valence-electron chi connectivity index (χ0n) is 13.1. The highest BCUT2D eigenvalue weighted by Crippen LogP contribution is 2.25. The molecule has 0 bridgehead atoms. The van der Waals surface area contributed by atoms with Gasteiger partial charge in [-0.15, -0.1) is 0 Å². The molecule has 21 heavy (non-hydrogen) atoms. The van der Waals surface area contributed by atoms with Crippen LogP contribution in [0.1, 0.15) is 36.8 Å². The molecule has 0 radical (unpaired) electrons. The lowest BCUT2D eigenvalue weighted by molar-refractivity contribution is -0.118. The molecule has 1 amide bonds. The van der Waals surface area contributed by atoms with Gasteiger partial charge in [0.25, 0.3) is 0 Å². The Bertz CT molecular complexity index is 484. The number of aryl methyl sites for hydroxylation is 1. The number of nitrogens with one attached hydrogen (secondary N) is 1. The summed E-state index contributed by atoms with van der Waals surface area (Å²) < 4.78 is 0. The standard InChI is InChI=1S/C17H26N2O2/c1-13-6-3-9-16(14(13)2)18-17(21)12-19(10-5-11-20)15-7-4-8-15/h3,6,9,15,20H,4-5,7-8,10-12H2,1-2H3,(H,18,21). The van der Waals surface area contributed by atoms with Gasteiger partial charge in [0.05, 0.1) is 6.54 Å². The smallest absolute Gasteiger partial charge is 0.238 e. The van der Waals surface area contributed by atoms with E-state index in [1.807, 2.05) is 32.0 Å². The molecule has 1 aliphatic carbocycles. The molecule has 1 aromatic carbocycles. The topological polar surface area (TPSA) is 52.6 Å². The Morgan fingerprint density at radius 3 is 2.76 bits per heavy atom.